The van der Waals surface area contributed by atoms with Gasteiger partial charge in [-0.15, -0.1) is 0 Å². The number of alkyl halides is 2. The van der Waals surface area contributed by atoms with E-state index in [9.17, 15) is 13.6 Å². The van der Waals surface area contributed by atoms with Crippen LogP contribution in [-0.4, -0.2) is 23.2 Å². The summed E-state index contributed by atoms with van der Waals surface area (Å²) in [5.41, 5.74) is 2.68. The van der Waals surface area contributed by atoms with E-state index >= 15 is 0 Å². The molecule has 22 heavy (non-hydrogen) atoms. The standard InChI is InChI=1S/C14H14F2N4O2/c1-17-14(21)18-10-5-3-7-6-8(2-4-9(7)10)12-19-13(11(15)16)22-20-12/h2,4,6,10-11H,3,5H2,1H3,(H2,17,18,21)/t10-/m1/s1. The maximum absolute atomic E-state index is 12.5. The number of nitrogens with zero attached hydrogens (tertiary/aromatic N) is 2. The van der Waals surface area contributed by atoms with Crippen LogP contribution in [0.25, 0.3) is 11.4 Å². The van der Waals surface area contributed by atoms with Crippen LogP contribution in [0.15, 0.2) is 22.7 Å². The van der Waals surface area contributed by atoms with Gasteiger partial charge in [0.15, 0.2) is 0 Å². The molecule has 116 valence electrons. The van der Waals surface area contributed by atoms with Crippen molar-refractivity contribution in [3.05, 3.63) is 35.2 Å². The lowest BCUT2D eigenvalue weighted by Crippen LogP contribution is -2.34. The van der Waals surface area contributed by atoms with Crippen LogP contribution in [0.2, 0.25) is 0 Å². The first-order valence-electron chi connectivity index (χ1n) is 6.81. The van der Waals surface area contributed by atoms with Crippen LogP contribution in [0, 0.1) is 0 Å². The number of amides is 2. The minimum absolute atomic E-state index is 0.0501. The number of nitrogens with one attached hydrogen (secondary N) is 2. The highest BCUT2D eigenvalue weighted by atomic mass is 19.3. The molecule has 2 amide bonds. The zero-order valence-electron chi connectivity index (χ0n) is 11.8. The van der Waals surface area contributed by atoms with Gasteiger partial charge >= 0.3 is 12.5 Å². The molecule has 0 bridgehead atoms. The summed E-state index contributed by atoms with van der Waals surface area (Å²) in [6.45, 7) is 0. The van der Waals surface area contributed by atoms with E-state index in [4.69, 9.17) is 0 Å². The Hall–Kier alpha value is -2.51. The Bertz CT molecular complexity index is 702. The Morgan fingerprint density at radius 3 is 2.95 bits per heavy atom. The van der Waals surface area contributed by atoms with Crippen molar-refractivity contribution in [2.24, 2.45) is 0 Å². The fourth-order valence-corrected chi connectivity index (χ4v) is 2.58. The zero-order chi connectivity index (χ0) is 15.7. The molecule has 2 N–H and O–H groups in total. The second kappa shape index (κ2) is 5.70. The SMILES string of the molecule is CNC(=O)N[C@@H]1CCc2cc(-c3noc(C(F)F)n3)ccc21. The second-order valence-corrected chi connectivity index (χ2v) is 4.99. The topological polar surface area (TPSA) is 80.0 Å². The van der Waals surface area contributed by atoms with Crippen LogP contribution in [0.4, 0.5) is 13.6 Å². The normalized spacial score (nSPS) is 16.6. The number of aromatic nitrogens is 2. The summed E-state index contributed by atoms with van der Waals surface area (Å²) in [7, 11) is 1.56. The number of rotatable bonds is 3. The van der Waals surface area contributed by atoms with Crippen molar-refractivity contribution in [2.45, 2.75) is 25.3 Å². The predicted molar refractivity (Wildman–Crippen MR) is 73.3 cm³/mol. The lowest BCUT2D eigenvalue weighted by atomic mass is 10.0. The van der Waals surface area contributed by atoms with Crippen molar-refractivity contribution in [1.82, 2.24) is 20.8 Å². The van der Waals surface area contributed by atoms with E-state index in [-0.39, 0.29) is 17.9 Å². The van der Waals surface area contributed by atoms with Gasteiger partial charge in [-0.2, -0.15) is 13.8 Å². The summed E-state index contributed by atoms with van der Waals surface area (Å²) < 4.78 is 29.5. The third-order valence-corrected chi connectivity index (χ3v) is 3.64. The highest BCUT2D eigenvalue weighted by Gasteiger charge is 2.25. The van der Waals surface area contributed by atoms with Crippen LogP contribution in [-0.2, 0) is 6.42 Å². The average Bonchev–Trinajstić information content (AvgIpc) is 3.14. The van der Waals surface area contributed by atoms with Gasteiger partial charge in [0.05, 0.1) is 6.04 Å². The van der Waals surface area contributed by atoms with Crippen molar-refractivity contribution in [3.63, 3.8) is 0 Å². The van der Waals surface area contributed by atoms with E-state index in [1.165, 1.54) is 0 Å². The van der Waals surface area contributed by atoms with Crippen LogP contribution < -0.4 is 10.6 Å². The van der Waals surface area contributed by atoms with E-state index in [0.717, 1.165) is 24.0 Å². The first kappa shape index (κ1) is 14.4. The molecule has 1 aromatic carbocycles. The van der Waals surface area contributed by atoms with E-state index in [0.29, 0.717) is 5.56 Å². The molecule has 0 unspecified atom stereocenters. The lowest BCUT2D eigenvalue weighted by molar-refractivity contribution is 0.106. The largest absolute Gasteiger partial charge is 0.341 e. The van der Waals surface area contributed by atoms with E-state index in [1.807, 2.05) is 12.1 Å². The fourth-order valence-electron chi connectivity index (χ4n) is 2.58. The average molecular weight is 308 g/mol. The van der Waals surface area contributed by atoms with Gasteiger partial charge in [-0.05, 0) is 30.0 Å². The summed E-state index contributed by atoms with van der Waals surface area (Å²) >= 11 is 0. The van der Waals surface area contributed by atoms with Crippen molar-refractivity contribution < 1.29 is 18.1 Å². The Morgan fingerprint density at radius 1 is 1.45 bits per heavy atom. The van der Waals surface area contributed by atoms with Crippen molar-refractivity contribution >= 4 is 6.03 Å². The highest BCUT2D eigenvalue weighted by Crippen LogP contribution is 2.33. The van der Waals surface area contributed by atoms with Crippen molar-refractivity contribution in [1.29, 1.82) is 0 Å². The van der Waals surface area contributed by atoms with Crippen molar-refractivity contribution in [3.8, 4) is 11.4 Å². The van der Waals surface area contributed by atoms with Crippen LogP contribution >= 0.6 is 0 Å². The lowest BCUT2D eigenvalue weighted by Gasteiger charge is -2.13. The molecule has 1 heterocycles. The Balaban J connectivity index is 1.84. The smallest absolute Gasteiger partial charge is 0.315 e. The molecule has 1 aliphatic carbocycles. The molecule has 1 atom stereocenters. The van der Waals surface area contributed by atoms with E-state index in [2.05, 4.69) is 25.3 Å². The first-order valence-corrected chi connectivity index (χ1v) is 6.81. The Morgan fingerprint density at radius 2 is 2.27 bits per heavy atom. The minimum atomic E-state index is -2.78. The number of benzene rings is 1. The molecular weight excluding hydrogens is 294 g/mol. The number of fused-ring (bicyclic) bond motifs is 1. The molecule has 8 heteroatoms. The Kier molecular flexibility index (Phi) is 3.74. The molecule has 0 saturated carbocycles. The van der Waals surface area contributed by atoms with Crippen LogP contribution in [0.3, 0.4) is 0 Å². The Labute approximate surface area is 124 Å². The molecule has 0 spiro atoms. The van der Waals surface area contributed by atoms with Gasteiger partial charge in [0.25, 0.3) is 5.89 Å². The summed E-state index contributed by atoms with van der Waals surface area (Å²) in [5, 5.41) is 8.95. The van der Waals surface area contributed by atoms with Gasteiger partial charge in [-0.1, -0.05) is 17.3 Å². The maximum atomic E-state index is 12.5. The molecule has 6 nitrogen and oxygen atoms in total. The van der Waals surface area contributed by atoms with E-state index < -0.39 is 12.3 Å². The molecule has 3 rings (SSSR count). The molecular formula is C14H14F2N4O2. The zero-order valence-corrected chi connectivity index (χ0v) is 11.8. The first-order chi connectivity index (χ1) is 10.6. The monoisotopic (exact) mass is 308 g/mol. The number of hydrogen-bond donors (Lipinski definition) is 2. The molecule has 1 aromatic heterocycles. The molecule has 1 aliphatic rings. The number of halogens is 2. The number of hydrogen-bond acceptors (Lipinski definition) is 4. The number of carbonyl (C=O) groups excluding carboxylic acids is 1. The third kappa shape index (κ3) is 2.63. The number of urea groups is 1. The highest BCUT2D eigenvalue weighted by molar-refractivity contribution is 5.74. The summed E-state index contributed by atoms with van der Waals surface area (Å²) in [6.07, 6.45) is -1.20. The molecule has 0 radical (unpaired) electrons. The summed E-state index contributed by atoms with van der Waals surface area (Å²) in [6, 6.07) is 5.16. The number of carbonyl (C=O) groups is 1. The van der Waals surface area contributed by atoms with Gasteiger partial charge in [0.1, 0.15) is 0 Å². The van der Waals surface area contributed by atoms with Gasteiger partial charge < -0.3 is 15.2 Å². The van der Waals surface area contributed by atoms with Crippen LogP contribution in [0.1, 0.15) is 35.9 Å². The van der Waals surface area contributed by atoms with Crippen LogP contribution in [0.5, 0.6) is 0 Å². The van der Waals surface area contributed by atoms with Gasteiger partial charge in [-0.3, -0.25) is 0 Å². The predicted octanol–water partition coefficient (Wildman–Crippen LogP) is 2.59. The molecule has 0 aliphatic heterocycles. The molecule has 2 aromatic rings. The third-order valence-electron chi connectivity index (χ3n) is 3.64. The van der Waals surface area contributed by atoms with Gasteiger partial charge in [0, 0.05) is 12.6 Å². The molecule has 0 fully saturated rings. The van der Waals surface area contributed by atoms with E-state index in [1.54, 1.807) is 13.1 Å². The van der Waals surface area contributed by atoms with Crippen molar-refractivity contribution in [2.75, 3.05) is 7.05 Å². The quantitative estimate of drug-likeness (QED) is 0.913. The second-order valence-electron chi connectivity index (χ2n) is 4.99. The fraction of sp³-hybridized carbons (Fsp3) is 0.357. The van der Waals surface area contributed by atoms with Gasteiger partial charge in [0.2, 0.25) is 5.82 Å². The molecule has 0 saturated heterocycles. The van der Waals surface area contributed by atoms with Gasteiger partial charge in [-0.25, -0.2) is 4.79 Å². The summed E-state index contributed by atoms with van der Waals surface area (Å²) in [4.78, 5) is 15.1. The maximum Gasteiger partial charge on any atom is 0.315 e. The summed E-state index contributed by atoms with van der Waals surface area (Å²) in [5.74, 6) is -0.546. The minimum Gasteiger partial charge on any atom is -0.341 e. The number of aryl methyl sites for hydroxylation is 1.